The van der Waals surface area contributed by atoms with Crippen molar-refractivity contribution in [2.45, 2.75) is 33.1 Å². The van der Waals surface area contributed by atoms with Crippen molar-refractivity contribution in [2.24, 2.45) is 0 Å². The van der Waals surface area contributed by atoms with Crippen molar-refractivity contribution in [3.63, 3.8) is 0 Å². The zero-order valence-corrected chi connectivity index (χ0v) is 17.3. The van der Waals surface area contributed by atoms with Crippen LogP contribution in [0.2, 0.25) is 0 Å². The third-order valence-corrected chi connectivity index (χ3v) is 5.24. The fourth-order valence-electron chi connectivity index (χ4n) is 3.35. The van der Waals surface area contributed by atoms with Crippen LogP contribution >= 0.6 is 0 Å². The van der Waals surface area contributed by atoms with Gasteiger partial charge in [-0.3, -0.25) is 18.6 Å². The van der Waals surface area contributed by atoms with E-state index in [1.165, 1.54) is 24.3 Å². The van der Waals surface area contributed by atoms with Gasteiger partial charge in [-0.1, -0.05) is 6.07 Å². The summed E-state index contributed by atoms with van der Waals surface area (Å²) in [4.78, 5) is 25.0. The van der Waals surface area contributed by atoms with Crippen LogP contribution in [0.15, 0.2) is 59.7 Å². The number of anilines is 1. The topological polar surface area (TPSA) is 81.3 Å². The predicted octanol–water partition coefficient (Wildman–Crippen LogP) is 3.60. The van der Waals surface area contributed by atoms with E-state index in [0.29, 0.717) is 24.4 Å². The van der Waals surface area contributed by atoms with Crippen LogP contribution in [0.5, 0.6) is 0 Å². The number of amides is 1. The summed E-state index contributed by atoms with van der Waals surface area (Å²) in [5, 5.41) is 10.9. The van der Waals surface area contributed by atoms with Gasteiger partial charge in [0.15, 0.2) is 0 Å². The molecular formula is C23H22FN5O2. The van der Waals surface area contributed by atoms with Crippen LogP contribution in [-0.2, 0) is 11.2 Å². The maximum Gasteiger partial charge on any atom is 0.300 e. The van der Waals surface area contributed by atoms with Crippen LogP contribution < -0.4 is 10.9 Å². The number of fused-ring (bicyclic) bond motifs is 1. The lowest BCUT2D eigenvalue weighted by Crippen LogP contribution is -2.20. The Morgan fingerprint density at radius 1 is 1.03 bits per heavy atom. The van der Waals surface area contributed by atoms with E-state index in [-0.39, 0.29) is 29.4 Å². The number of aryl methyl sites for hydroxylation is 3. The van der Waals surface area contributed by atoms with Crippen molar-refractivity contribution >= 4 is 17.2 Å². The van der Waals surface area contributed by atoms with E-state index in [9.17, 15) is 14.0 Å². The molecule has 0 fully saturated rings. The van der Waals surface area contributed by atoms with Crippen LogP contribution in [0.4, 0.5) is 10.1 Å². The smallest absolute Gasteiger partial charge is 0.300 e. The molecule has 4 rings (SSSR count). The average molecular weight is 419 g/mol. The van der Waals surface area contributed by atoms with Crippen molar-refractivity contribution in [3.8, 4) is 5.69 Å². The molecule has 0 aliphatic carbocycles. The lowest BCUT2D eigenvalue weighted by molar-refractivity contribution is -0.116. The quantitative estimate of drug-likeness (QED) is 0.518. The summed E-state index contributed by atoms with van der Waals surface area (Å²) in [5.41, 5.74) is 3.57. The molecule has 7 nitrogen and oxygen atoms in total. The second-order valence-electron chi connectivity index (χ2n) is 7.46. The fraction of sp³-hybridized carbons (Fsp3) is 0.217. The van der Waals surface area contributed by atoms with Gasteiger partial charge in [-0.05, 0) is 67.8 Å². The minimum Gasteiger partial charge on any atom is -0.326 e. The number of nitrogens with zero attached hydrogens (tertiary/aromatic N) is 4. The molecule has 0 spiro atoms. The first-order valence-electron chi connectivity index (χ1n) is 10.0. The molecule has 31 heavy (non-hydrogen) atoms. The number of hydrogen-bond donors (Lipinski definition) is 1. The minimum absolute atomic E-state index is 0.169. The Bertz CT molecular complexity index is 1310. The molecule has 0 bridgehead atoms. The Hall–Kier alpha value is -3.81. The first-order chi connectivity index (χ1) is 14.9. The highest BCUT2D eigenvalue weighted by Gasteiger charge is 2.12. The molecule has 0 unspecified atom stereocenters. The molecular weight excluding hydrogens is 397 g/mol. The van der Waals surface area contributed by atoms with Crippen LogP contribution in [0.1, 0.15) is 29.8 Å². The van der Waals surface area contributed by atoms with Crippen molar-refractivity contribution in [1.82, 2.24) is 19.2 Å². The molecule has 4 aromatic rings. The molecule has 2 aromatic carbocycles. The number of carbonyl (C=O) groups excluding carboxylic acids is 1. The molecule has 8 heteroatoms. The number of halogens is 1. The Balaban J connectivity index is 1.45. The maximum atomic E-state index is 12.9. The highest BCUT2D eigenvalue weighted by atomic mass is 19.1. The van der Waals surface area contributed by atoms with Gasteiger partial charge in [0.25, 0.3) is 0 Å². The van der Waals surface area contributed by atoms with Gasteiger partial charge in [0, 0.05) is 36.6 Å². The van der Waals surface area contributed by atoms with Gasteiger partial charge in [0.2, 0.25) is 11.6 Å². The highest BCUT2D eigenvalue weighted by Crippen LogP contribution is 2.14. The van der Waals surface area contributed by atoms with Crippen molar-refractivity contribution in [1.29, 1.82) is 0 Å². The van der Waals surface area contributed by atoms with Gasteiger partial charge in [-0.2, -0.15) is 0 Å². The Morgan fingerprint density at radius 2 is 1.81 bits per heavy atom. The van der Waals surface area contributed by atoms with Gasteiger partial charge < -0.3 is 5.32 Å². The van der Waals surface area contributed by atoms with E-state index < -0.39 is 0 Å². The maximum absolute atomic E-state index is 12.9. The number of benzene rings is 2. The normalized spacial score (nSPS) is 11.1. The number of rotatable bonds is 6. The van der Waals surface area contributed by atoms with E-state index in [4.69, 9.17) is 0 Å². The Labute approximate surface area is 178 Å². The molecule has 0 aliphatic rings. The monoisotopic (exact) mass is 419 g/mol. The summed E-state index contributed by atoms with van der Waals surface area (Å²) in [6, 6.07) is 11.5. The van der Waals surface area contributed by atoms with Crippen molar-refractivity contribution in [2.75, 3.05) is 5.32 Å². The molecule has 2 aromatic heterocycles. The van der Waals surface area contributed by atoms with Gasteiger partial charge in [0.1, 0.15) is 11.6 Å². The molecule has 2 heterocycles. The second-order valence-corrected chi connectivity index (χ2v) is 7.46. The number of aromatic nitrogens is 4. The van der Waals surface area contributed by atoms with Crippen LogP contribution in [0.3, 0.4) is 0 Å². The number of nitrogens with one attached hydrogen (secondary N) is 1. The summed E-state index contributed by atoms with van der Waals surface area (Å²) < 4.78 is 16.2. The van der Waals surface area contributed by atoms with Gasteiger partial charge in [-0.15, -0.1) is 10.2 Å². The fourth-order valence-corrected chi connectivity index (χ4v) is 3.35. The molecule has 0 aliphatic heterocycles. The van der Waals surface area contributed by atoms with Crippen molar-refractivity contribution in [3.05, 3.63) is 88.0 Å². The summed E-state index contributed by atoms with van der Waals surface area (Å²) in [5.74, 6) is 0.0969. The minimum atomic E-state index is -0.353. The van der Waals surface area contributed by atoms with Crippen LogP contribution in [0, 0.1) is 19.7 Å². The first-order valence-corrected chi connectivity index (χ1v) is 10.0. The van der Waals surface area contributed by atoms with E-state index in [2.05, 4.69) is 15.5 Å². The standard InChI is InChI=1S/C23H22FN5O2/c1-15-6-11-19(14-16(15)2)28-12-13-29-20(26-27-22(29)23(28)31)4-3-5-21(30)25-18-9-7-17(24)8-10-18/h6-14H,3-5H2,1-2H3,(H,25,30). The molecule has 158 valence electrons. The van der Waals surface area contributed by atoms with Crippen LogP contribution in [0.25, 0.3) is 11.3 Å². The number of carbonyl (C=O) groups is 1. The lowest BCUT2D eigenvalue weighted by atomic mass is 10.1. The second kappa shape index (κ2) is 8.51. The molecule has 0 radical (unpaired) electrons. The van der Waals surface area contributed by atoms with E-state index >= 15 is 0 Å². The van der Waals surface area contributed by atoms with E-state index in [1.54, 1.807) is 21.4 Å². The largest absolute Gasteiger partial charge is 0.326 e. The third-order valence-electron chi connectivity index (χ3n) is 5.24. The van der Waals surface area contributed by atoms with Crippen molar-refractivity contribution < 1.29 is 9.18 Å². The molecule has 0 atom stereocenters. The third kappa shape index (κ3) is 4.37. The molecule has 1 N–H and O–H groups in total. The Morgan fingerprint density at radius 3 is 2.55 bits per heavy atom. The Kier molecular flexibility index (Phi) is 5.62. The number of hydrogen-bond acceptors (Lipinski definition) is 4. The lowest BCUT2D eigenvalue weighted by Gasteiger charge is -2.09. The SMILES string of the molecule is Cc1ccc(-n2ccn3c(CCCC(=O)Nc4ccc(F)cc4)nnc3c2=O)cc1C. The average Bonchev–Trinajstić information content (AvgIpc) is 3.16. The van der Waals surface area contributed by atoms with Crippen LogP contribution in [-0.4, -0.2) is 25.1 Å². The first kappa shape index (κ1) is 20.5. The highest BCUT2D eigenvalue weighted by molar-refractivity contribution is 5.90. The van der Waals surface area contributed by atoms with Gasteiger partial charge >= 0.3 is 5.56 Å². The zero-order chi connectivity index (χ0) is 22.0. The van der Waals surface area contributed by atoms with Gasteiger partial charge in [-0.25, -0.2) is 4.39 Å². The predicted molar refractivity (Wildman–Crippen MR) is 116 cm³/mol. The van der Waals surface area contributed by atoms with E-state index in [1.807, 2.05) is 32.0 Å². The molecule has 0 saturated carbocycles. The van der Waals surface area contributed by atoms with E-state index in [0.717, 1.165) is 16.8 Å². The summed E-state index contributed by atoms with van der Waals surface area (Å²) in [6.45, 7) is 4.03. The van der Waals surface area contributed by atoms with Gasteiger partial charge in [0.05, 0.1) is 0 Å². The molecule has 0 saturated heterocycles. The summed E-state index contributed by atoms with van der Waals surface area (Å²) >= 11 is 0. The molecule has 1 amide bonds. The summed E-state index contributed by atoms with van der Waals surface area (Å²) in [6.07, 6.45) is 4.76. The summed E-state index contributed by atoms with van der Waals surface area (Å²) in [7, 11) is 0. The zero-order valence-electron chi connectivity index (χ0n) is 17.3.